The van der Waals surface area contributed by atoms with Crippen molar-refractivity contribution in [1.82, 2.24) is 9.80 Å². The summed E-state index contributed by atoms with van der Waals surface area (Å²) in [4.78, 5) is 28.0. The summed E-state index contributed by atoms with van der Waals surface area (Å²) < 4.78 is 13.4. The van der Waals surface area contributed by atoms with Crippen LogP contribution in [0.25, 0.3) is 0 Å². The van der Waals surface area contributed by atoms with Crippen molar-refractivity contribution < 1.29 is 19.1 Å². The van der Waals surface area contributed by atoms with Gasteiger partial charge in [-0.25, -0.2) is 4.39 Å². The first kappa shape index (κ1) is 17.9. The van der Waals surface area contributed by atoms with Gasteiger partial charge in [-0.05, 0) is 30.0 Å². The van der Waals surface area contributed by atoms with E-state index in [1.165, 1.54) is 6.07 Å². The number of carbonyl (C=O) groups is 2. The van der Waals surface area contributed by atoms with Crippen molar-refractivity contribution in [2.45, 2.75) is 26.8 Å². The number of hydrogen-bond donors (Lipinski definition) is 1. The van der Waals surface area contributed by atoms with Gasteiger partial charge < -0.3 is 10.0 Å². The first-order valence-electron chi connectivity index (χ1n) is 8.74. The SMILES string of the molecule is CC(c1cccc(F)c1)N1CCN(C(=O)[C@@H]2[C@H](C(=O)O)C2(C)C)CC1. The highest BCUT2D eigenvalue weighted by Crippen LogP contribution is 2.59. The fourth-order valence-corrected chi connectivity index (χ4v) is 4.06. The van der Waals surface area contributed by atoms with Gasteiger partial charge in [-0.2, -0.15) is 0 Å². The molecule has 0 bridgehead atoms. The van der Waals surface area contributed by atoms with Crippen molar-refractivity contribution in [3.05, 3.63) is 35.6 Å². The van der Waals surface area contributed by atoms with Crippen LogP contribution in [0.3, 0.4) is 0 Å². The zero-order chi connectivity index (χ0) is 18.4. The molecule has 1 heterocycles. The van der Waals surface area contributed by atoms with E-state index >= 15 is 0 Å². The van der Waals surface area contributed by atoms with Crippen LogP contribution in [0.5, 0.6) is 0 Å². The Morgan fingerprint density at radius 2 is 1.84 bits per heavy atom. The summed E-state index contributed by atoms with van der Waals surface area (Å²) in [5, 5.41) is 9.26. The van der Waals surface area contributed by atoms with Crippen molar-refractivity contribution >= 4 is 11.9 Å². The van der Waals surface area contributed by atoms with Crippen molar-refractivity contribution in [3.63, 3.8) is 0 Å². The maximum atomic E-state index is 13.4. The van der Waals surface area contributed by atoms with Crippen LogP contribution in [0.4, 0.5) is 4.39 Å². The minimum atomic E-state index is -0.887. The molecular formula is C19H25FN2O3. The molecule has 1 aromatic carbocycles. The molecule has 0 spiro atoms. The molecule has 136 valence electrons. The van der Waals surface area contributed by atoms with Crippen LogP contribution < -0.4 is 0 Å². The third kappa shape index (κ3) is 3.27. The molecule has 2 aliphatic rings. The third-order valence-corrected chi connectivity index (χ3v) is 5.86. The zero-order valence-corrected chi connectivity index (χ0v) is 14.9. The molecule has 1 aromatic rings. The van der Waals surface area contributed by atoms with Gasteiger partial charge >= 0.3 is 5.97 Å². The summed E-state index contributed by atoms with van der Waals surface area (Å²) in [6.07, 6.45) is 0. The van der Waals surface area contributed by atoms with Crippen LogP contribution in [0.1, 0.15) is 32.4 Å². The normalized spacial score (nSPS) is 27.0. The lowest BCUT2D eigenvalue weighted by Gasteiger charge is -2.38. The van der Waals surface area contributed by atoms with E-state index in [1.54, 1.807) is 17.0 Å². The quantitative estimate of drug-likeness (QED) is 0.908. The Bertz CT molecular complexity index is 683. The number of hydrogen-bond acceptors (Lipinski definition) is 3. The molecule has 1 unspecified atom stereocenters. The zero-order valence-electron chi connectivity index (χ0n) is 14.9. The number of piperazine rings is 1. The number of aliphatic carboxylic acids is 1. The molecule has 0 aromatic heterocycles. The number of carboxylic acids is 1. The average molecular weight is 348 g/mol. The van der Waals surface area contributed by atoms with Gasteiger partial charge in [-0.1, -0.05) is 26.0 Å². The maximum absolute atomic E-state index is 13.4. The van der Waals surface area contributed by atoms with Crippen LogP contribution in [-0.4, -0.2) is 53.0 Å². The molecule has 1 amide bonds. The smallest absolute Gasteiger partial charge is 0.307 e. The van der Waals surface area contributed by atoms with E-state index in [0.717, 1.165) is 5.56 Å². The lowest BCUT2D eigenvalue weighted by molar-refractivity contribution is -0.142. The van der Waals surface area contributed by atoms with Gasteiger partial charge in [-0.15, -0.1) is 0 Å². The standard InChI is InChI=1S/C19H25FN2O3/c1-12(13-5-4-6-14(20)11-13)21-7-9-22(10-8-21)17(23)15-16(18(24)25)19(15,2)3/h4-6,11-12,15-16H,7-10H2,1-3H3,(H,24,25)/t12?,15-,16+/m0/s1. The van der Waals surface area contributed by atoms with Gasteiger partial charge in [0.1, 0.15) is 5.82 Å². The van der Waals surface area contributed by atoms with Gasteiger partial charge in [0, 0.05) is 32.2 Å². The van der Waals surface area contributed by atoms with Crippen molar-refractivity contribution in [3.8, 4) is 0 Å². The highest BCUT2D eigenvalue weighted by Gasteiger charge is 2.66. The molecule has 3 rings (SSSR count). The Kier molecular flexibility index (Phi) is 4.58. The summed E-state index contributed by atoms with van der Waals surface area (Å²) >= 11 is 0. The van der Waals surface area contributed by atoms with Crippen LogP contribution >= 0.6 is 0 Å². The van der Waals surface area contributed by atoms with Crippen LogP contribution in [0.15, 0.2) is 24.3 Å². The van der Waals surface area contributed by atoms with E-state index in [-0.39, 0.29) is 17.8 Å². The molecule has 25 heavy (non-hydrogen) atoms. The predicted octanol–water partition coefficient (Wildman–Crippen LogP) is 2.39. The number of nitrogens with zero attached hydrogens (tertiary/aromatic N) is 2. The van der Waals surface area contributed by atoms with Crippen molar-refractivity contribution in [1.29, 1.82) is 0 Å². The molecule has 1 saturated heterocycles. The van der Waals surface area contributed by atoms with E-state index in [4.69, 9.17) is 0 Å². The van der Waals surface area contributed by atoms with Crippen molar-refractivity contribution in [2.75, 3.05) is 26.2 Å². The number of rotatable bonds is 4. The van der Waals surface area contributed by atoms with Gasteiger partial charge in [0.05, 0.1) is 11.8 Å². The predicted molar refractivity (Wildman–Crippen MR) is 91.4 cm³/mol. The Morgan fingerprint density at radius 1 is 1.20 bits per heavy atom. The monoisotopic (exact) mass is 348 g/mol. The average Bonchev–Trinajstić information content (AvgIpc) is 3.16. The fourth-order valence-electron chi connectivity index (χ4n) is 4.06. The second-order valence-corrected chi connectivity index (χ2v) is 7.71. The van der Waals surface area contributed by atoms with E-state index < -0.39 is 23.2 Å². The van der Waals surface area contributed by atoms with E-state index in [1.807, 2.05) is 26.8 Å². The molecule has 3 atom stereocenters. The van der Waals surface area contributed by atoms with Gasteiger partial charge in [0.2, 0.25) is 5.91 Å². The Hall–Kier alpha value is -1.95. The Labute approximate surface area is 147 Å². The molecule has 6 heteroatoms. The van der Waals surface area contributed by atoms with Crippen LogP contribution in [-0.2, 0) is 9.59 Å². The van der Waals surface area contributed by atoms with Crippen LogP contribution in [0.2, 0.25) is 0 Å². The summed E-state index contributed by atoms with van der Waals surface area (Å²) in [6, 6.07) is 6.68. The highest BCUT2D eigenvalue weighted by molar-refractivity contribution is 5.91. The van der Waals surface area contributed by atoms with Crippen LogP contribution in [0, 0.1) is 23.1 Å². The highest BCUT2D eigenvalue weighted by atomic mass is 19.1. The topological polar surface area (TPSA) is 60.9 Å². The lowest BCUT2D eigenvalue weighted by atomic mass is 10.1. The van der Waals surface area contributed by atoms with E-state index in [9.17, 15) is 19.1 Å². The molecular weight excluding hydrogens is 323 g/mol. The summed E-state index contributed by atoms with van der Waals surface area (Å²) in [5.74, 6) is -2.17. The maximum Gasteiger partial charge on any atom is 0.307 e. The molecule has 0 radical (unpaired) electrons. The first-order chi connectivity index (χ1) is 11.7. The minimum absolute atomic E-state index is 0.0459. The summed E-state index contributed by atoms with van der Waals surface area (Å²) in [5.41, 5.74) is 0.462. The van der Waals surface area contributed by atoms with E-state index in [2.05, 4.69) is 4.90 Å². The number of carbonyl (C=O) groups excluding carboxylic acids is 1. The molecule has 2 fully saturated rings. The van der Waals surface area contributed by atoms with Gasteiger partial charge in [-0.3, -0.25) is 14.5 Å². The largest absolute Gasteiger partial charge is 0.481 e. The second kappa shape index (κ2) is 6.41. The summed E-state index contributed by atoms with van der Waals surface area (Å²) in [7, 11) is 0. The number of carboxylic acid groups (broad SMARTS) is 1. The number of amides is 1. The molecule has 1 aliphatic carbocycles. The molecule has 1 aliphatic heterocycles. The number of benzene rings is 1. The van der Waals surface area contributed by atoms with Gasteiger partial charge in [0.15, 0.2) is 0 Å². The van der Waals surface area contributed by atoms with Gasteiger partial charge in [0.25, 0.3) is 0 Å². The summed E-state index contributed by atoms with van der Waals surface area (Å²) in [6.45, 7) is 8.29. The number of halogens is 1. The fraction of sp³-hybridized carbons (Fsp3) is 0.579. The molecule has 5 nitrogen and oxygen atoms in total. The van der Waals surface area contributed by atoms with E-state index in [0.29, 0.717) is 26.2 Å². The Balaban J connectivity index is 1.59. The molecule has 1 saturated carbocycles. The third-order valence-electron chi connectivity index (χ3n) is 5.86. The second-order valence-electron chi connectivity index (χ2n) is 7.71. The minimum Gasteiger partial charge on any atom is -0.481 e. The lowest BCUT2D eigenvalue weighted by Crippen LogP contribution is -2.50. The molecule has 1 N–H and O–H groups in total. The Morgan fingerprint density at radius 3 is 2.36 bits per heavy atom. The van der Waals surface area contributed by atoms with Crippen molar-refractivity contribution in [2.24, 2.45) is 17.3 Å². The first-order valence-corrected chi connectivity index (χ1v) is 8.74.